The maximum atomic E-state index is 5.59. The van der Waals surface area contributed by atoms with Gasteiger partial charge in [0.1, 0.15) is 0 Å². The summed E-state index contributed by atoms with van der Waals surface area (Å²) in [5.74, 6) is 2.94. The van der Waals surface area contributed by atoms with Crippen molar-refractivity contribution < 1.29 is 14.2 Å². The Kier molecular flexibility index (Phi) is 4.50. The van der Waals surface area contributed by atoms with Gasteiger partial charge in [-0.1, -0.05) is 24.3 Å². The minimum Gasteiger partial charge on any atom is -0.493 e. The third-order valence-electron chi connectivity index (χ3n) is 5.99. The van der Waals surface area contributed by atoms with Crippen LogP contribution in [0.4, 0.5) is 5.69 Å². The summed E-state index contributed by atoms with van der Waals surface area (Å²) in [6.45, 7) is 4.39. The van der Waals surface area contributed by atoms with Crippen molar-refractivity contribution in [2.75, 3.05) is 26.6 Å². The Morgan fingerprint density at radius 3 is 2.22 bits per heavy atom. The largest absolute Gasteiger partial charge is 0.493 e. The second-order valence-corrected chi connectivity index (χ2v) is 7.42. The van der Waals surface area contributed by atoms with E-state index in [4.69, 9.17) is 14.2 Å². The van der Waals surface area contributed by atoms with Gasteiger partial charge in [-0.05, 0) is 60.6 Å². The Morgan fingerprint density at radius 2 is 1.59 bits per heavy atom. The third kappa shape index (κ3) is 2.75. The van der Waals surface area contributed by atoms with Crippen LogP contribution in [0.1, 0.15) is 40.6 Å². The number of methoxy groups -OCH3 is 3. The van der Waals surface area contributed by atoms with Crippen molar-refractivity contribution in [3.63, 3.8) is 0 Å². The third-order valence-corrected chi connectivity index (χ3v) is 5.99. The first-order valence-corrected chi connectivity index (χ1v) is 9.42. The molecule has 0 bridgehead atoms. The SMILES string of the molecule is COc1cc(C2Nc3c(C)ccc(C)c3C3C=CCC32)cc(OC)c1OC. The lowest BCUT2D eigenvalue weighted by atomic mass is 9.75. The number of ether oxygens (including phenoxy) is 3. The smallest absolute Gasteiger partial charge is 0.203 e. The van der Waals surface area contributed by atoms with Gasteiger partial charge in [0.05, 0.1) is 27.4 Å². The topological polar surface area (TPSA) is 39.7 Å². The monoisotopic (exact) mass is 365 g/mol. The summed E-state index contributed by atoms with van der Waals surface area (Å²) in [5, 5.41) is 3.84. The second kappa shape index (κ2) is 6.84. The standard InChI is InChI=1S/C23H27NO3/c1-13-9-10-14(2)21-20(13)16-7-6-8-17(16)22(24-21)15-11-18(25-3)23(27-5)19(12-15)26-4/h6-7,9-12,16-17,22,24H,8H2,1-5H3. The van der Waals surface area contributed by atoms with Crippen LogP contribution in [0.15, 0.2) is 36.4 Å². The molecular weight excluding hydrogens is 338 g/mol. The lowest BCUT2D eigenvalue weighted by molar-refractivity contribution is 0.322. The van der Waals surface area contributed by atoms with Gasteiger partial charge in [0.2, 0.25) is 5.75 Å². The van der Waals surface area contributed by atoms with Gasteiger partial charge in [0.25, 0.3) is 0 Å². The Labute approximate surface area is 161 Å². The number of hydrogen-bond acceptors (Lipinski definition) is 4. The van der Waals surface area contributed by atoms with Crippen LogP contribution < -0.4 is 19.5 Å². The summed E-state index contributed by atoms with van der Waals surface area (Å²) >= 11 is 0. The fraction of sp³-hybridized carbons (Fsp3) is 0.391. The number of fused-ring (bicyclic) bond motifs is 3. The molecule has 4 rings (SSSR count). The van der Waals surface area contributed by atoms with Crippen molar-refractivity contribution in [2.24, 2.45) is 5.92 Å². The molecule has 142 valence electrons. The van der Waals surface area contributed by atoms with E-state index in [9.17, 15) is 0 Å². The predicted octanol–water partition coefficient (Wildman–Crippen LogP) is 5.16. The molecule has 2 aliphatic rings. The quantitative estimate of drug-likeness (QED) is 0.760. The number of allylic oxidation sites excluding steroid dienone is 2. The van der Waals surface area contributed by atoms with Crippen molar-refractivity contribution >= 4 is 5.69 Å². The average molecular weight is 365 g/mol. The highest BCUT2D eigenvalue weighted by Crippen LogP contribution is 2.53. The van der Waals surface area contributed by atoms with Gasteiger partial charge in [-0.2, -0.15) is 0 Å². The summed E-state index contributed by atoms with van der Waals surface area (Å²) in [6.07, 6.45) is 5.76. The minimum atomic E-state index is 0.187. The van der Waals surface area contributed by atoms with Gasteiger partial charge in [0, 0.05) is 11.6 Å². The Bertz CT molecular complexity index is 878. The zero-order valence-electron chi connectivity index (χ0n) is 16.6. The zero-order valence-corrected chi connectivity index (χ0v) is 16.6. The zero-order chi connectivity index (χ0) is 19.1. The Morgan fingerprint density at radius 1 is 0.926 bits per heavy atom. The molecule has 0 amide bonds. The molecule has 1 aliphatic carbocycles. The summed E-state index contributed by atoms with van der Waals surface area (Å²) in [5.41, 5.74) is 6.51. The van der Waals surface area contributed by atoms with Crippen LogP contribution in [0.5, 0.6) is 17.2 Å². The molecule has 0 saturated carbocycles. The number of aryl methyl sites for hydroxylation is 2. The summed E-state index contributed by atoms with van der Waals surface area (Å²) in [6, 6.07) is 8.77. The first-order chi connectivity index (χ1) is 13.1. The molecule has 0 spiro atoms. The average Bonchev–Trinajstić information content (AvgIpc) is 3.18. The molecule has 1 N–H and O–H groups in total. The van der Waals surface area contributed by atoms with Crippen LogP contribution in [0.25, 0.3) is 0 Å². The van der Waals surface area contributed by atoms with E-state index in [1.807, 2.05) is 0 Å². The van der Waals surface area contributed by atoms with Crippen LogP contribution in [0.2, 0.25) is 0 Å². The number of anilines is 1. The van der Waals surface area contributed by atoms with Crippen LogP contribution in [-0.4, -0.2) is 21.3 Å². The first kappa shape index (κ1) is 17.8. The van der Waals surface area contributed by atoms with Gasteiger partial charge in [-0.3, -0.25) is 0 Å². The van der Waals surface area contributed by atoms with Crippen molar-refractivity contribution in [1.82, 2.24) is 0 Å². The second-order valence-electron chi connectivity index (χ2n) is 7.42. The Hall–Kier alpha value is -2.62. The molecule has 3 atom stereocenters. The maximum absolute atomic E-state index is 5.59. The van der Waals surface area contributed by atoms with Crippen molar-refractivity contribution in [3.05, 3.63) is 58.7 Å². The number of hydrogen-bond donors (Lipinski definition) is 1. The van der Waals surface area contributed by atoms with Crippen molar-refractivity contribution in [1.29, 1.82) is 0 Å². The highest BCUT2D eigenvalue weighted by atomic mass is 16.5. The molecule has 4 nitrogen and oxygen atoms in total. The van der Waals surface area contributed by atoms with E-state index in [1.54, 1.807) is 21.3 Å². The molecule has 0 aromatic heterocycles. The molecule has 1 aliphatic heterocycles. The van der Waals surface area contributed by atoms with Gasteiger partial charge in [-0.15, -0.1) is 0 Å². The fourth-order valence-electron chi connectivity index (χ4n) is 4.65. The maximum Gasteiger partial charge on any atom is 0.203 e. The van der Waals surface area contributed by atoms with E-state index in [0.29, 0.717) is 29.1 Å². The van der Waals surface area contributed by atoms with Crippen LogP contribution in [-0.2, 0) is 0 Å². The molecule has 4 heteroatoms. The van der Waals surface area contributed by atoms with Crippen molar-refractivity contribution in [3.8, 4) is 17.2 Å². The molecule has 27 heavy (non-hydrogen) atoms. The van der Waals surface area contributed by atoms with Crippen molar-refractivity contribution in [2.45, 2.75) is 32.2 Å². The van der Waals surface area contributed by atoms with Gasteiger partial charge in [-0.25, -0.2) is 0 Å². The minimum absolute atomic E-state index is 0.187. The van der Waals surface area contributed by atoms with E-state index in [-0.39, 0.29) is 6.04 Å². The van der Waals surface area contributed by atoms with Crippen LogP contribution in [0.3, 0.4) is 0 Å². The van der Waals surface area contributed by atoms with E-state index < -0.39 is 0 Å². The van der Waals surface area contributed by atoms with E-state index in [0.717, 1.165) is 12.0 Å². The Balaban J connectivity index is 1.85. The number of benzene rings is 2. The van der Waals surface area contributed by atoms with E-state index >= 15 is 0 Å². The summed E-state index contributed by atoms with van der Waals surface area (Å²) in [4.78, 5) is 0. The molecule has 0 fully saturated rings. The van der Waals surface area contributed by atoms with Gasteiger partial charge < -0.3 is 19.5 Å². The highest BCUT2D eigenvalue weighted by molar-refractivity contribution is 5.67. The summed E-state index contributed by atoms with van der Waals surface area (Å²) in [7, 11) is 4.97. The first-order valence-electron chi connectivity index (χ1n) is 9.42. The van der Waals surface area contributed by atoms with Crippen LogP contribution in [0, 0.1) is 19.8 Å². The van der Waals surface area contributed by atoms with Crippen LogP contribution >= 0.6 is 0 Å². The van der Waals surface area contributed by atoms with E-state index in [2.05, 4.69) is 55.6 Å². The molecule has 2 aromatic carbocycles. The molecule has 1 heterocycles. The van der Waals surface area contributed by atoms with Gasteiger partial charge in [0.15, 0.2) is 11.5 Å². The normalized spacial score (nSPS) is 22.6. The molecule has 0 radical (unpaired) electrons. The highest BCUT2D eigenvalue weighted by Gasteiger charge is 2.39. The fourth-order valence-corrected chi connectivity index (χ4v) is 4.65. The van der Waals surface area contributed by atoms with E-state index in [1.165, 1.54) is 22.4 Å². The number of nitrogens with one attached hydrogen (secondary N) is 1. The molecule has 0 saturated heterocycles. The molecule has 2 aromatic rings. The molecule has 3 unspecified atom stereocenters. The lowest BCUT2D eigenvalue weighted by Gasteiger charge is -2.39. The summed E-state index contributed by atoms with van der Waals surface area (Å²) < 4.78 is 16.7. The number of rotatable bonds is 4. The lowest BCUT2D eigenvalue weighted by Crippen LogP contribution is -2.30. The van der Waals surface area contributed by atoms with Gasteiger partial charge >= 0.3 is 0 Å². The predicted molar refractivity (Wildman–Crippen MR) is 108 cm³/mol. The molecular formula is C23H27NO3.